The van der Waals surface area contributed by atoms with E-state index in [1.54, 1.807) is 58.0 Å². The summed E-state index contributed by atoms with van der Waals surface area (Å²) in [7, 11) is -6.27. The van der Waals surface area contributed by atoms with Crippen molar-refractivity contribution in [3.63, 3.8) is 0 Å². The van der Waals surface area contributed by atoms with Crippen molar-refractivity contribution in [2.45, 2.75) is 73.4 Å². The Balaban J connectivity index is 0.000000179. The number of nitrogens with one attached hydrogen (secondary N) is 1. The zero-order valence-electron chi connectivity index (χ0n) is 49.9. The highest BCUT2D eigenvalue weighted by atomic mass is 32.2. The first kappa shape index (κ1) is 66.6. The summed E-state index contributed by atoms with van der Waals surface area (Å²) in [5.74, 6) is -4.81. The molecule has 0 spiro atoms. The fourth-order valence-corrected chi connectivity index (χ4v) is 9.30. The highest BCUT2D eigenvalue weighted by Crippen LogP contribution is 2.35. The molecular weight excluding hydrogens is 1230 g/mol. The van der Waals surface area contributed by atoms with E-state index in [1.165, 1.54) is 26.5 Å². The fraction of sp³-hybridized carbons (Fsp3) is 0.226. The molecule has 30 heteroatoms. The van der Waals surface area contributed by atoms with Crippen LogP contribution in [0.25, 0.3) is 33.1 Å². The van der Waals surface area contributed by atoms with Gasteiger partial charge in [-0.05, 0) is 63.8 Å². The third-order valence-corrected chi connectivity index (χ3v) is 14.0. The quantitative estimate of drug-likeness (QED) is 0.0328. The summed E-state index contributed by atoms with van der Waals surface area (Å²) in [6.07, 6.45) is 3.60. The van der Waals surface area contributed by atoms with E-state index in [4.69, 9.17) is 28.7 Å². The number of rotatable bonds is 20. The smallest absolute Gasteiger partial charge is 0.506 e. The Morgan fingerprint density at radius 3 is 1.24 bits per heavy atom. The van der Waals surface area contributed by atoms with Gasteiger partial charge < -0.3 is 43.3 Å². The molecule has 478 valence electrons. The highest BCUT2D eigenvalue weighted by Gasteiger charge is 2.50. The molecule has 0 bridgehead atoms. The van der Waals surface area contributed by atoms with Gasteiger partial charge in [-0.25, -0.2) is 44.3 Å². The number of hydrogen-bond donors (Lipinski definition) is 2. The lowest BCUT2D eigenvalue weighted by Crippen LogP contribution is -2.35. The van der Waals surface area contributed by atoms with Crippen LogP contribution in [0.2, 0.25) is 0 Å². The molecule has 2 N–H and O–H groups in total. The van der Waals surface area contributed by atoms with Crippen LogP contribution in [0.3, 0.4) is 0 Å². The number of nitrogens with zero attached hydrogens (tertiary/aromatic N) is 9. The average Bonchev–Trinajstić information content (AvgIpc) is 0.769. The topological polar surface area (TPSA) is 326 Å². The largest absolute Gasteiger partial charge is 0.534 e. The number of pyridine rings is 3. The fourth-order valence-electron chi connectivity index (χ4n) is 8.82. The Hall–Kier alpha value is -11.3. The second-order valence-corrected chi connectivity index (χ2v) is 20.7. The predicted molar refractivity (Wildman–Crippen MR) is 325 cm³/mol. The summed E-state index contributed by atoms with van der Waals surface area (Å²) in [6.45, 7) is 9.71. The molecule has 0 unspecified atom stereocenters. The SMILES string of the molecule is CCOC(=O)c1c(NCc2ccccc2)c2c(C)ncnc2n(OCc2ccccc2)c1=O.CCOC(=O)c1c(O)c2c(C)ncnc2n(OCc2ccccc2)c1=O.CCOC(=O)c1c(OS(=O)(=O)C(F)(F)F)c2c(C)ncnc2n(OCc2ccccc2)c1=O. The van der Waals surface area contributed by atoms with Crippen molar-refractivity contribution in [3.05, 3.63) is 227 Å². The molecule has 0 atom stereocenters. The standard InChI is InChI=1S/C25H24N4O4.C19H16F3N3O7S.C18H17N3O5/c1-3-32-25(31)21-22(26-14-18-10-6-4-7-11-18)20-17(2)27-16-28-23(20)29(24(21)30)33-15-19-12-8-5-9-13-19;1-3-30-18(27)14-15(32-33(28,29)19(20,21)22)13-11(2)23-10-24-16(13)25(17(14)26)31-9-12-7-5-4-6-8-12;1-3-25-18(24)14-15(22)13-11(2)19-10-20-16(13)21(17(14)23)26-9-12-7-5-4-6-8-12/h4-13,16,26H,3,14-15H2,1-2H3;4-8,10H,3,9H2,1-2H3;4-8,10,22H,3,9H2,1-2H3. The minimum atomic E-state index is -6.27. The first-order valence-electron chi connectivity index (χ1n) is 27.8. The number of halogens is 3. The minimum absolute atomic E-state index is 0.0604. The van der Waals surface area contributed by atoms with Crippen molar-refractivity contribution < 1.29 is 74.0 Å². The first-order chi connectivity index (χ1) is 44.1. The van der Waals surface area contributed by atoms with Gasteiger partial charge in [0.1, 0.15) is 44.6 Å². The molecule has 10 aromatic rings. The number of ether oxygens (including phenoxy) is 3. The molecule has 0 saturated carbocycles. The van der Waals surface area contributed by atoms with Gasteiger partial charge in [0.2, 0.25) is 0 Å². The van der Waals surface area contributed by atoms with Crippen LogP contribution >= 0.6 is 0 Å². The van der Waals surface area contributed by atoms with Gasteiger partial charge in [-0.1, -0.05) is 121 Å². The lowest BCUT2D eigenvalue weighted by molar-refractivity contribution is -0.0500. The summed E-state index contributed by atoms with van der Waals surface area (Å²) >= 11 is 0. The number of aromatic nitrogens is 9. The van der Waals surface area contributed by atoms with E-state index in [0.29, 0.717) is 39.3 Å². The number of carbonyl (C=O) groups is 3. The summed E-state index contributed by atoms with van der Waals surface area (Å²) in [6, 6.07) is 36.8. The number of fused-ring (bicyclic) bond motifs is 3. The molecular formula is C62H57F3N10O16S. The number of hydrogen-bond acceptors (Lipinski definition) is 23. The molecule has 0 aliphatic rings. The van der Waals surface area contributed by atoms with E-state index >= 15 is 0 Å². The lowest BCUT2D eigenvalue weighted by Gasteiger charge is -2.18. The van der Waals surface area contributed by atoms with E-state index in [-0.39, 0.29) is 67.6 Å². The highest BCUT2D eigenvalue weighted by molar-refractivity contribution is 7.88. The summed E-state index contributed by atoms with van der Waals surface area (Å²) in [5, 5.41) is 13.9. The number of benzene rings is 4. The van der Waals surface area contributed by atoms with Gasteiger partial charge in [0, 0.05) is 6.54 Å². The zero-order valence-corrected chi connectivity index (χ0v) is 50.7. The van der Waals surface area contributed by atoms with Gasteiger partial charge in [-0.3, -0.25) is 14.4 Å². The van der Waals surface area contributed by atoms with Crippen LogP contribution < -0.4 is 40.7 Å². The maximum atomic E-state index is 13.5. The second-order valence-electron chi connectivity index (χ2n) is 19.2. The number of anilines is 1. The number of aryl methyl sites for hydroxylation is 3. The van der Waals surface area contributed by atoms with Gasteiger partial charge in [0.05, 0.1) is 58.7 Å². The number of alkyl halides is 3. The van der Waals surface area contributed by atoms with Gasteiger partial charge >= 0.3 is 50.2 Å². The molecule has 0 aliphatic heterocycles. The minimum Gasteiger partial charge on any atom is -0.506 e. The van der Waals surface area contributed by atoms with E-state index < -0.39 is 83.9 Å². The maximum absolute atomic E-state index is 13.5. The van der Waals surface area contributed by atoms with Crippen LogP contribution in [0.5, 0.6) is 11.5 Å². The van der Waals surface area contributed by atoms with Gasteiger partial charge in [-0.15, -0.1) is 14.2 Å². The molecule has 0 aliphatic carbocycles. The molecule has 0 saturated heterocycles. The summed E-state index contributed by atoms with van der Waals surface area (Å²) < 4.78 is 84.1. The molecule has 10 rings (SSSR count). The molecule has 6 aromatic heterocycles. The number of esters is 3. The predicted octanol–water partition coefficient (Wildman–Crippen LogP) is 7.26. The second kappa shape index (κ2) is 29.8. The van der Waals surface area contributed by atoms with Crippen molar-refractivity contribution in [1.82, 2.24) is 44.1 Å². The zero-order chi connectivity index (χ0) is 66.3. The molecule has 0 fully saturated rings. The molecule has 4 aromatic carbocycles. The normalized spacial score (nSPS) is 11.1. The Bertz CT molecular complexity index is 4620. The monoisotopic (exact) mass is 1290 g/mol. The third-order valence-electron chi connectivity index (χ3n) is 13.1. The maximum Gasteiger partial charge on any atom is 0.534 e. The van der Waals surface area contributed by atoms with E-state index in [1.807, 2.05) is 91.0 Å². The Morgan fingerprint density at radius 2 is 0.826 bits per heavy atom. The van der Waals surface area contributed by atoms with E-state index in [0.717, 1.165) is 32.5 Å². The van der Waals surface area contributed by atoms with Crippen LogP contribution in [-0.2, 0) is 50.7 Å². The van der Waals surface area contributed by atoms with Gasteiger partial charge in [0.25, 0.3) is 0 Å². The lowest BCUT2D eigenvalue weighted by atomic mass is 10.1. The molecule has 0 amide bonds. The summed E-state index contributed by atoms with van der Waals surface area (Å²) in [4.78, 5) is 118. The Labute approximate surface area is 520 Å². The Morgan fingerprint density at radius 1 is 0.489 bits per heavy atom. The summed E-state index contributed by atoms with van der Waals surface area (Å²) in [5.41, 5.74) is -5.99. The molecule has 26 nitrogen and oxygen atoms in total. The number of aromatic hydroxyl groups is 1. The Kier molecular flexibility index (Phi) is 21.6. The van der Waals surface area contributed by atoms with E-state index in [9.17, 15) is 55.5 Å². The van der Waals surface area contributed by atoms with Crippen molar-refractivity contribution in [2.75, 3.05) is 25.1 Å². The van der Waals surface area contributed by atoms with Gasteiger partial charge in [-0.2, -0.15) is 21.6 Å². The van der Waals surface area contributed by atoms with E-state index in [2.05, 4.69) is 39.4 Å². The first-order valence-corrected chi connectivity index (χ1v) is 29.2. The van der Waals surface area contributed by atoms with Crippen molar-refractivity contribution in [3.8, 4) is 11.5 Å². The van der Waals surface area contributed by atoms with Crippen molar-refractivity contribution in [1.29, 1.82) is 0 Å². The molecule has 0 radical (unpaired) electrons. The van der Waals surface area contributed by atoms with Crippen LogP contribution in [0.1, 0.15) is 91.2 Å². The van der Waals surface area contributed by atoms with Crippen LogP contribution in [0.15, 0.2) is 155 Å². The van der Waals surface area contributed by atoms with Crippen LogP contribution in [-0.4, -0.2) is 101 Å². The average molecular weight is 1290 g/mol. The molecule has 6 heterocycles. The van der Waals surface area contributed by atoms with Crippen molar-refractivity contribution >= 4 is 66.8 Å². The van der Waals surface area contributed by atoms with Gasteiger partial charge in [0.15, 0.2) is 39.4 Å². The van der Waals surface area contributed by atoms with Crippen LogP contribution in [0.4, 0.5) is 18.9 Å². The van der Waals surface area contributed by atoms with Crippen LogP contribution in [0, 0.1) is 20.8 Å². The molecule has 92 heavy (non-hydrogen) atoms. The number of carbonyl (C=O) groups excluding carboxylic acids is 3. The van der Waals surface area contributed by atoms with Crippen molar-refractivity contribution in [2.24, 2.45) is 0 Å². The third kappa shape index (κ3) is 15.0.